The van der Waals surface area contributed by atoms with Crippen LogP contribution in [0.25, 0.3) is 0 Å². The standard InChI is InChI=1S/C25H38N4O3/c1-19(16-24(2,3)4)15-22(31)27-13-11-25(12-14-27)23(32)28(17-21(30)26-5)18-29(25)20-9-7-6-8-10-20/h6-10,19H,11-18H2,1-5H3,(H,26,30). The number of nitrogens with zero attached hydrogens (tertiary/aromatic N) is 3. The van der Waals surface area contributed by atoms with Crippen molar-refractivity contribution >= 4 is 23.4 Å². The summed E-state index contributed by atoms with van der Waals surface area (Å²) in [7, 11) is 1.58. The van der Waals surface area contributed by atoms with Gasteiger partial charge in [0.25, 0.3) is 5.91 Å². The highest BCUT2D eigenvalue weighted by atomic mass is 16.2. The summed E-state index contributed by atoms with van der Waals surface area (Å²) in [5.41, 5.74) is 0.467. The monoisotopic (exact) mass is 442 g/mol. The highest BCUT2D eigenvalue weighted by Crippen LogP contribution is 2.39. The molecular weight excluding hydrogens is 404 g/mol. The van der Waals surface area contributed by atoms with Crippen molar-refractivity contribution in [1.82, 2.24) is 15.1 Å². The van der Waals surface area contributed by atoms with Crippen LogP contribution < -0.4 is 10.2 Å². The number of nitrogens with one attached hydrogen (secondary N) is 1. The van der Waals surface area contributed by atoms with Gasteiger partial charge in [0.15, 0.2) is 0 Å². The Morgan fingerprint density at radius 2 is 1.75 bits per heavy atom. The second kappa shape index (κ2) is 9.51. The molecule has 2 fully saturated rings. The number of anilines is 1. The van der Waals surface area contributed by atoms with E-state index in [0.29, 0.717) is 44.9 Å². The van der Waals surface area contributed by atoms with Crippen molar-refractivity contribution in [3.63, 3.8) is 0 Å². The van der Waals surface area contributed by atoms with Gasteiger partial charge >= 0.3 is 0 Å². The summed E-state index contributed by atoms with van der Waals surface area (Å²) in [4.78, 5) is 44.1. The topological polar surface area (TPSA) is 73.0 Å². The van der Waals surface area contributed by atoms with E-state index in [1.54, 1.807) is 11.9 Å². The molecule has 0 saturated carbocycles. The highest BCUT2D eigenvalue weighted by molar-refractivity contribution is 5.96. The van der Waals surface area contributed by atoms with Crippen molar-refractivity contribution in [1.29, 1.82) is 0 Å². The lowest BCUT2D eigenvalue weighted by Gasteiger charge is -2.43. The predicted octanol–water partition coefficient (Wildman–Crippen LogP) is 2.86. The second-order valence-electron chi connectivity index (χ2n) is 10.6. The molecule has 3 amide bonds. The van der Waals surface area contributed by atoms with Crippen LogP contribution in [0.15, 0.2) is 30.3 Å². The molecule has 0 radical (unpaired) electrons. The Balaban J connectivity index is 1.73. The maximum absolute atomic E-state index is 13.5. The van der Waals surface area contributed by atoms with Gasteiger partial charge in [0.2, 0.25) is 11.8 Å². The smallest absolute Gasteiger partial charge is 0.250 e. The van der Waals surface area contributed by atoms with Crippen LogP contribution >= 0.6 is 0 Å². The van der Waals surface area contributed by atoms with Crippen LogP contribution in [0.3, 0.4) is 0 Å². The molecule has 0 bridgehead atoms. The number of rotatable bonds is 6. The molecule has 32 heavy (non-hydrogen) atoms. The van der Waals surface area contributed by atoms with Gasteiger partial charge in [0.1, 0.15) is 12.1 Å². The fraction of sp³-hybridized carbons (Fsp3) is 0.640. The lowest BCUT2D eigenvalue weighted by Crippen LogP contribution is -2.57. The zero-order valence-electron chi connectivity index (χ0n) is 20.2. The molecule has 2 aliphatic rings. The summed E-state index contributed by atoms with van der Waals surface area (Å²) in [6.45, 7) is 10.3. The number of hydrogen-bond donors (Lipinski definition) is 1. The predicted molar refractivity (Wildman–Crippen MR) is 126 cm³/mol. The van der Waals surface area contributed by atoms with Crippen molar-refractivity contribution < 1.29 is 14.4 Å². The van der Waals surface area contributed by atoms with E-state index in [4.69, 9.17) is 0 Å². The van der Waals surface area contributed by atoms with Crippen LogP contribution in [0.2, 0.25) is 0 Å². The van der Waals surface area contributed by atoms with Crippen molar-refractivity contribution in [3.05, 3.63) is 30.3 Å². The molecule has 1 N–H and O–H groups in total. The third-order valence-corrected chi connectivity index (χ3v) is 6.62. The molecule has 2 aliphatic heterocycles. The minimum atomic E-state index is -0.705. The number of amides is 3. The van der Waals surface area contributed by atoms with Gasteiger partial charge in [-0.3, -0.25) is 14.4 Å². The van der Waals surface area contributed by atoms with Gasteiger partial charge in [-0.2, -0.15) is 0 Å². The molecule has 1 atom stereocenters. The molecule has 0 aliphatic carbocycles. The average molecular weight is 443 g/mol. The van der Waals surface area contributed by atoms with Gasteiger partial charge in [-0.25, -0.2) is 0 Å². The fourth-order valence-electron chi connectivity index (χ4n) is 5.25. The van der Waals surface area contributed by atoms with Gasteiger partial charge < -0.3 is 20.0 Å². The van der Waals surface area contributed by atoms with Crippen molar-refractivity contribution in [2.75, 3.05) is 38.3 Å². The summed E-state index contributed by atoms with van der Waals surface area (Å²) < 4.78 is 0. The lowest BCUT2D eigenvalue weighted by molar-refractivity contribution is -0.140. The van der Waals surface area contributed by atoms with Crippen molar-refractivity contribution in [2.24, 2.45) is 11.3 Å². The first-order valence-electron chi connectivity index (χ1n) is 11.7. The Kier molecular flexibility index (Phi) is 7.16. The number of benzene rings is 1. The number of para-hydroxylation sites is 1. The van der Waals surface area contributed by atoms with Gasteiger partial charge in [0.05, 0.1) is 6.67 Å². The molecule has 2 heterocycles. The van der Waals surface area contributed by atoms with E-state index in [1.807, 2.05) is 35.2 Å². The largest absolute Gasteiger partial charge is 0.358 e. The summed E-state index contributed by atoms with van der Waals surface area (Å²) >= 11 is 0. The maximum Gasteiger partial charge on any atom is 0.250 e. The molecule has 176 valence electrons. The number of piperidine rings is 1. The number of likely N-dealkylation sites (N-methyl/N-ethyl adjacent to an activating group) is 1. The van der Waals surface area contributed by atoms with Crippen LogP contribution in [-0.2, 0) is 14.4 Å². The van der Waals surface area contributed by atoms with Crippen LogP contribution in [0.1, 0.15) is 53.4 Å². The maximum atomic E-state index is 13.5. The molecular formula is C25H38N4O3. The van der Waals surface area contributed by atoms with E-state index in [2.05, 4.69) is 37.9 Å². The van der Waals surface area contributed by atoms with E-state index in [9.17, 15) is 14.4 Å². The summed E-state index contributed by atoms with van der Waals surface area (Å²) in [5.74, 6) is 0.313. The number of carbonyl (C=O) groups is 3. The second-order valence-corrected chi connectivity index (χ2v) is 10.6. The van der Waals surface area contributed by atoms with Gasteiger partial charge in [0, 0.05) is 32.2 Å². The number of likely N-dealkylation sites (tertiary alicyclic amines) is 1. The zero-order chi connectivity index (χ0) is 23.5. The Bertz CT molecular complexity index is 825. The third kappa shape index (κ3) is 5.25. The fourth-order valence-corrected chi connectivity index (χ4v) is 5.25. The lowest BCUT2D eigenvalue weighted by atomic mass is 9.83. The molecule has 0 aromatic heterocycles. The van der Waals surface area contributed by atoms with E-state index < -0.39 is 5.54 Å². The van der Waals surface area contributed by atoms with Crippen molar-refractivity contribution in [2.45, 2.75) is 58.9 Å². The average Bonchev–Trinajstić information content (AvgIpc) is 2.99. The zero-order valence-corrected chi connectivity index (χ0v) is 20.2. The summed E-state index contributed by atoms with van der Waals surface area (Å²) in [5, 5.41) is 2.61. The quantitative estimate of drug-likeness (QED) is 0.735. The number of hydrogen-bond acceptors (Lipinski definition) is 4. The van der Waals surface area contributed by atoms with Crippen LogP contribution in [0.4, 0.5) is 5.69 Å². The molecule has 2 saturated heterocycles. The first kappa shape index (κ1) is 24.1. The molecule has 1 aromatic rings. The molecule has 3 rings (SSSR count). The molecule has 1 spiro atoms. The van der Waals surface area contributed by atoms with Crippen LogP contribution in [-0.4, -0.2) is 66.4 Å². The SMILES string of the molecule is CNC(=O)CN1CN(c2ccccc2)C2(CCN(C(=O)CC(C)CC(C)(C)C)CC2)C1=O. The minimum Gasteiger partial charge on any atom is -0.358 e. The summed E-state index contributed by atoms with van der Waals surface area (Å²) in [6, 6.07) is 9.89. The van der Waals surface area contributed by atoms with Gasteiger partial charge in [-0.1, -0.05) is 45.9 Å². The normalized spacial score (nSPS) is 19.4. The van der Waals surface area contributed by atoms with Gasteiger partial charge in [-0.05, 0) is 42.7 Å². The summed E-state index contributed by atoms with van der Waals surface area (Å²) in [6.07, 6.45) is 2.70. The Morgan fingerprint density at radius 3 is 2.31 bits per heavy atom. The molecule has 1 unspecified atom stereocenters. The van der Waals surface area contributed by atoms with Crippen LogP contribution in [0, 0.1) is 11.3 Å². The Labute approximate surface area is 192 Å². The first-order valence-corrected chi connectivity index (χ1v) is 11.7. The van der Waals surface area contributed by atoms with Crippen LogP contribution in [0.5, 0.6) is 0 Å². The van der Waals surface area contributed by atoms with E-state index >= 15 is 0 Å². The van der Waals surface area contributed by atoms with E-state index in [-0.39, 0.29) is 29.7 Å². The Morgan fingerprint density at radius 1 is 1.12 bits per heavy atom. The van der Waals surface area contributed by atoms with Crippen molar-refractivity contribution in [3.8, 4) is 0 Å². The third-order valence-electron chi connectivity index (χ3n) is 6.62. The minimum absolute atomic E-state index is 0.0156. The molecule has 1 aromatic carbocycles. The highest BCUT2D eigenvalue weighted by Gasteiger charge is 2.54. The van der Waals surface area contributed by atoms with E-state index in [1.165, 1.54) is 0 Å². The van der Waals surface area contributed by atoms with Gasteiger partial charge in [-0.15, -0.1) is 0 Å². The Hall–Kier alpha value is -2.57. The number of carbonyl (C=O) groups excluding carboxylic acids is 3. The molecule has 7 heteroatoms. The van der Waals surface area contributed by atoms with E-state index in [0.717, 1.165) is 12.1 Å². The molecule has 7 nitrogen and oxygen atoms in total. The first-order chi connectivity index (χ1) is 15.1.